The van der Waals surface area contributed by atoms with E-state index in [4.69, 9.17) is 19.4 Å². The van der Waals surface area contributed by atoms with Gasteiger partial charge in [-0.1, -0.05) is 133 Å². The second-order valence-electron chi connectivity index (χ2n) is 12.8. The summed E-state index contributed by atoms with van der Waals surface area (Å²) < 4.78 is 8.48. The lowest BCUT2D eigenvalue weighted by molar-refractivity contribution is 0.670. The summed E-state index contributed by atoms with van der Waals surface area (Å²) in [5.41, 5.74) is 10.1. The van der Waals surface area contributed by atoms with Gasteiger partial charge in [-0.2, -0.15) is 15.2 Å². The summed E-state index contributed by atoms with van der Waals surface area (Å²) in [6, 6.07) is 57.6. The Bertz CT molecular complexity index is 2970. The third-order valence-electron chi connectivity index (χ3n) is 9.73. The SMILES string of the molecule is N#Cc1cccc2oc3c(-c4cccc(-c5ccc(-c6nc(-c7ccccc7)nc(-n7c8ccccc8c8ccccc87)n6)cc5)c4)cccc3c12. The lowest BCUT2D eigenvalue weighted by Crippen LogP contribution is -2.06. The molecule has 7 aromatic carbocycles. The monoisotopic (exact) mass is 665 g/mol. The number of fused-ring (bicyclic) bond motifs is 6. The summed E-state index contributed by atoms with van der Waals surface area (Å²) in [4.78, 5) is 15.1. The molecular weight excluding hydrogens is 639 g/mol. The van der Waals surface area contributed by atoms with Gasteiger partial charge in [-0.3, -0.25) is 4.57 Å². The van der Waals surface area contributed by atoms with Crippen LogP contribution >= 0.6 is 0 Å². The fourth-order valence-electron chi connectivity index (χ4n) is 7.29. The van der Waals surface area contributed by atoms with Crippen LogP contribution in [0.1, 0.15) is 5.56 Å². The molecule has 6 nitrogen and oxygen atoms in total. The van der Waals surface area contributed by atoms with Gasteiger partial charge in [0, 0.05) is 38.2 Å². The van der Waals surface area contributed by atoms with Crippen molar-refractivity contribution in [3.63, 3.8) is 0 Å². The zero-order chi connectivity index (χ0) is 34.6. The van der Waals surface area contributed by atoms with Gasteiger partial charge in [0.25, 0.3) is 0 Å². The Labute approximate surface area is 298 Å². The van der Waals surface area contributed by atoms with Crippen molar-refractivity contribution in [2.24, 2.45) is 0 Å². The number of para-hydroxylation sites is 3. The van der Waals surface area contributed by atoms with Crippen LogP contribution in [0.2, 0.25) is 0 Å². The standard InChI is InChI=1S/C46H27N5O/c47-28-34-15-9-22-41-42(34)38-19-10-18-35(43(38)52-41)33-14-8-13-32(27-33)29-23-25-31(26-24-29)45-48-44(30-11-2-1-3-12-30)49-46(50-45)51-39-20-6-4-16-36(39)37-17-5-7-21-40(37)51/h1-27H. The van der Waals surface area contributed by atoms with Crippen molar-refractivity contribution in [2.45, 2.75) is 0 Å². The molecule has 0 aliphatic heterocycles. The molecule has 10 aromatic rings. The highest BCUT2D eigenvalue weighted by molar-refractivity contribution is 6.12. The van der Waals surface area contributed by atoms with Crippen molar-refractivity contribution in [1.29, 1.82) is 5.26 Å². The summed E-state index contributed by atoms with van der Waals surface area (Å²) >= 11 is 0. The Morgan fingerprint density at radius 1 is 0.481 bits per heavy atom. The van der Waals surface area contributed by atoms with Gasteiger partial charge in [-0.25, -0.2) is 4.98 Å². The number of aromatic nitrogens is 4. The fraction of sp³-hybridized carbons (Fsp3) is 0. The molecule has 6 heteroatoms. The van der Waals surface area contributed by atoms with Crippen molar-refractivity contribution in [2.75, 3.05) is 0 Å². The largest absolute Gasteiger partial charge is 0.455 e. The zero-order valence-corrected chi connectivity index (χ0v) is 27.7. The molecule has 3 heterocycles. The number of nitrogens with zero attached hydrogens (tertiary/aromatic N) is 5. The predicted molar refractivity (Wildman–Crippen MR) is 208 cm³/mol. The molecule has 52 heavy (non-hydrogen) atoms. The molecule has 0 aliphatic carbocycles. The van der Waals surface area contributed by atoms with Gasteiger partial charge in [0.2, 0.25) is 5.95 Å². The van der Waals surface area contributed by atoms with Crippen LogP contribution in [-0.4, -0.2) is 19.5 Å². The van der Waals surface area contributed by atoms with Crippen LogP contribution in [-0.2, 0) is 0 Å². The van der Waals surface area contributed by atoms with Crippen LogP contribution in [0.4, 0.5) is 0 Å². The molecule has 0 amide bonds. The van der Waals surface area contributed by atoms with Crippen molar-refractivity contribution in [1.82, 2.24) is 19.5 Å². The molecule has 0 unspecified atom stereocenters. The number of hydrogen-bond acceptors (Lipinski definition) is 5. The quantitative estimate of drug-likeness (QED) is 0.183. The highest BCUT2D eigenvalue weighted by atomic mass is 16.3. The third-order valence-corrected chi connectivity index (χ3v) is 9.73. The van der Waals surface area contributed by atoms with Crippen LogP contribution in [0.25, 0.3) is 94.7 Å². The number of rotatable bonds is 5. The second-order valence-corrected chi connectivity index (χ2v) is 12.8. The average molecular weight is 666 g/mol. The van der Waals surface area contributed by atoms with Gasteiger partial charge in [0.05, 0.1) is 22.7 Å². The minimum atomic E-state index is 0.569. The average Bonchev–Trinajstić information content (AvgIpc) is 3.77. The van der Waals surface area contributed by atoms with E-state index in [2.05, 4.69) is 102 Å². The van der Waals surface area contributed by atoms with E-state index in [-0.39, 0.29) is 0 Å². The Morgan fingerprint density at radius 2 is 1.06 bits per heavy atom. The molecule has 0 saturated carbocycles. The Kier molecular flexibility index (Phi) is 6.76. The molecule has 0 atom stereocenters. The first kappa shape index (κ1) is 29.5. The van der Waals surface area contributed by atoms with Gasteiger partial charge in [-0.15, -0.1) is 0 Å². The zero-order valence-electron chi connectivity index (χ0n) is 27.7. The maximum atomic E-state index is 9.75. The van der Waals surface area contributed by atoms with Gasteiger partial charge in [0.15, 0.2) is 11.6 Å². The Hall–Kier alpha value is -7.36. The molecule has 10 rings (SSSR count). The minimum Gasteiger partial charge on any atom is -0.455 e. The number of hydrogen-bond donors (Lipinski definition) is 0. The second kappa shape index (κ2) is 11.9. The molecule has 3 aromatic heterocycles. The van der Waals surface area contributed by atoms with E-state index in [0.29, 0.717) is 28.7 Å². The highest BCUT2D eigenvalue weighted by Crippen LogP contribution is 2.38. The summed E-state index contributed by atoms with van der Waals surface area (Å²) in [5, 5.41) is 13.8. The predicted octanol–water partition coefficient (Wildman–Crippen LogP) is 11.4. The number of furan rings is 1. The smallest absolute Gasteiger partial charge is 0.238 e. The molecule has 0 N–H and O–H groups in total. The topological polar surface area (TPSA) is 80.5 Å². The van der Waals surface area contributed by atoms with E-state index >= 15 is 0 Å². The van der Waals surface area contributed by atoms with Crippen molar-refractivity contribution < 1.29 is 4.42 Å². The van der Waals surface area contributed by atoms with Gasteiger partial charge in [0.1, 0.15) is 11.2 Å². The van der Waals surface area contributed by atoms with Crippen LogP contribution in [0.3, 0.4) is 0 Å². The summed E-state index contributed by atoms with van der Waals surface area (Å²) in [5.74, 6) is 1.78. The van der Waals surface area contributed by atoms with E-state index in [1.807, 2.05) is 72.8 Å². The molecule has 0 saturated heterocycles. The van der Waals surface area contributed by atoms with Gasteiger partial charge in [-0.05, 0) is 47.0 Å². The molecule has 242 valence electrons. The first-order valence-corrected chi connectivity index (χ1v) is 17.1. The normalized spacial score (nSPS) is 11.4. The van der Waals surface area contributed by atoms with E-state index in [9.17, 15) is 5.26 Å². The molecule has 0 radical (unpaired) electrons. The third kappa shape index (κ3) is 4.76. The Morgan fingerprint density at radius 3 is 1.79 bits per heavy atom. The van der Waals surface area contributed by atoms with Crippen LogP contribution < -0.4 is 0 Å². The van der Waals surface area contributed by atoms with Crippen LogP contribution in [0.15, 0.2) is 168 Å². The van der Waals surface area contributed by atoms with Gasteiger partial charge >= 0.3 is 0 Å². The molecule has 0 aliphatic rings. The lowest BCUT2D eigenvalue weighted by Gasteiger charge is -2.11. The number of nitriles is 1. The van der Waals surface area contributed by atoms with E-state index in [0.717, 1.165) is 71.5 Å². The summed E-state index contributed by atoms with van der Waals surface area (Å²) in [6.07, 6.45) is 0. The fourth-order valence-corrected chi connectivity index (χ4v) is 7.29. The summed E-state index contributed by atoms with van der Waals surface area (Å²) in [7, 11) is 0. The van der Waals surface area contributed by atoms with Gasteiger partial charge < -0.3 is 4.42 Å². The van der Waals surface area contributed by atoms with Crippen molar-refractivity contribution in [3.05, 3.63) is 169 Å². The summed E-state index contributed by atoms with van der Waals surface area (Å²) in [6.45, 7) is 0. The lowest BCUT2D eigenvalue weighted by atomic mass is 9.97. The van der Waals surface area contributed by atoms with E-state index in [1.54, 1.807) is 0 Å². The maximum absolute atomic E-state index is 9.75. The molecule has 0 fully saturated rings. The van der Waals surface area contributed by atoms with Crippen molar-refractivity contribution in [3.8, 4) is 57.0 Å². The first-order valence-electron chi connectivity index (χ1n) is 17.1. The number of benzene rings is 7. The van der Waals surface area contributed by atoms with E-state index < -0.39 is 0 Å². The van der Waals surface area contributed by atoms with Crippen LogP contribution in [0, 0.1) is 11.3 Å². The molecule has 0 bridgehead atoms. The van der Waals surface area contributed by atoms with Crippen molar-refractivity contribution >= 4 is 43.7 Å². The minimum absolute atomic E-state index is 0.569. The molecular formula is C46H27N5O. The highest BCUT2D eigenvalue weighted by Gasteiger charge is 2.18. The van der Waals surface area contributed by atoms with E-state index in [1.165, 1.54) is 0 Å². The molecule has 0 spiro atoms. The van der Waals surface area contributed by atoms with Crippen LogP contribution in [0.5, 0.6) is 0 Å². The Balaban J connectivity index is 1.07. The maximum Gasteiger partial charge on any atom is 0.238 e. The first-order chi connectivity index (χ1) is 25.7.